The molecule has 0 aliphatic carbocycles. The van der Waals surface area contributed by atoms with E-state index in [4.69, 9.17) is 11.6 Å². The zero-order valence-corrected chi connectivity index (χ0v) is 13.9. The van der Waals surface area contributed by atoms with Crippen LogP contribution in [-0.2, 0) is 27.1 Å². The van der Waals surface area contributed by atoms with Gasteiger partial charge in [0.05, 0.1) is 12.2 Å². The van der Waals surface area contributed by atoms with Crippen molar-refractivity contribution < 1.29 is 0 Å². The van der Waals surface area contributed by atoms with Gasteiger partial charge in [0.25, 0.3) is 5.56 Å². The maximum Gasteiger partial charge on any atom is 0.332 e. The summed E-state index contributed by atoms with van der Waals surface area (Å²) in [6, 6.07) is 7.78. The molecular formula is C16H19ClN4O2. The van der Waals surface area contributed by atoms with Crippen molar-refractivity contribution in [1.29, 1.82) is 0 Å². The van der Waals surface area contributed by atoms with Crippen LogP contribution in [0.15, 0.2) is 33.9 Å². The Morgan fingerprint density at radius 1 is 1.13 bits per heavy atom. The number of hydrogen-bond donors (Lipinski definition) is 1. The Morgan fingerprint density at radius 2 is 1.83 bits per heavy atom. The highest BCUT2D eigenvalue weighted by Gasteiger charge is 2.22. The summed E-state index contributed by atoms with van der Waals surface area (Å²) in [5.41, 5.74) is 1.30. The highest BCUT2D eigenvalue weighted by molar-refractivity contribution is 6.30. The Bertz CT molecular complexity index is 839. The zero-order chi connectivity index (χ0) is 16.6. The molecule has 0 saturated carbocycles. The van der Waals surface area contributed by atoms with Crippen LogP contribution in [0, 0.1) is 0 Å². The first-order valence-corrected chi connectivity index (χ1v) is 7.84. The van der Waals surface area contributed by atoms with Crippen molar-refractivity contribution >= 4 is 17.4 Å². The van der Waals surface area contributed by atoms with Crippen LogP contribution in [0.1, 0.15) is 11.1 Å². The number of fused-ring (bicyclic) bond motifs is 1. The summed E-state index contributed by atoms with van der Waals surface area (Å²) in [7, 11) is 3.19. The van der Waals surface area contributed by atoms with Gasteiger partial charge in [-0.3, -0.25) is 18.8 Å². The lowest BCUT2D eigenvalue weighted by atomic mass is 10.1. The first-order valence-electron chi connectivity index (χ1n) is 7.47. The average Bonchev–Trinajstić information content (AvgIpc) is 2.57. The number of hydrogen-bond acceptors (Lipinski definition) is 4. The van der Waals surface area contributed by atoms with Crippen molar-refractivity contribution in [2.24, 2.45) is 14.1 Å². The van der Waals surface area contributed by atoms with Gasteiger partial charge in [-0.05, 0) is 24.1 Å². The molecule has 0 fully saturated rings. The molecule has 1 aliphatic heterocycles. The fraction of sp³-hybridized carbons (Fsp3) is 0.375. The predicted octanol–water partition coefficient (Wildman–Crippen LogP) is 1.17. The number of rotatable bonds is 3. The molecule has 2 heterocycles. The van der Waals surface area contributed by atoms with Crippen LogP contribution in [0.4, 0.5) is 5.82 Å². The van der Waals surface area contributed by atoms with Crippen LogP contribution < -0.4 is 16.6 Å². The molecule has 3 rings (SSSR count). The van der Waals surface area contributed by atoms with Gasteiger partial charge in [0.15, 0.2) is 0 Å². The maximum atomic E-state index is 12.3. The second-order valence-corrected chi connectivity index (χ2v) is 6.23. The Hall–Kier alpha value is -2.05. The molecule has 0 saturated heterocycles. The van der Waals surface area contributed by atoms with E-state index in [0.717, 1.165) is 22.6 Å². The van der Waals surface area contributed by atoms with Crippen LogP contribution in [0.25, 0.3) is 0 Å². The van der Waals surface area contributed by atoms with E-state index in [0.29, 0.717) is 24.6 Å². The molecule has 0 unspecified atom stereocenters. The van der Waals surface area contributed by atoms with Gasteiger partial charge in [-0.2, -0.15) is 0 Å². The van der Waals surface area contributed by atoms with Gasteiger partial charge in [-0.15, -0.1) is 0 Å². The van der Waals surface area contributed by atoms with Gasteiger partial charge in [-0.1, -0.05) is 23.7 Å². The zero-order valence-electron chi connectivity index (χ0n) is 13.2. The first-order chi connectivity index (χ1) is 11.0. The molecule has 1 N–H and O–H groups in total. The Labute approximate surface area is 138 Å². The minimum Gasteiger partial charge on any atom is -0.358 e. The van der Waals surface area contributed by atoms with Crippen LogP contribution in [0.5, 0.6) is 0 Å². The van der Waals surface area contributed by atoms with Gasteiger partial charge in [-0.25, -0.2) is 4.79 Å². The van der Waals surface area contributed by atoms with E-state index in [1.54, 1.807) is 7.05 Å². The summed E-state index contributed by atoms with van der Waals surface area (Å²) >= 11 is 5.89. The summed E-state index contributed by atoms with van der Waals surface area (Å²) in [6.45, 7) is 1.97. The van der Waals surface area contributed by atoms with E-state index in [1.165, 1.54) is 17.2 Å². The second kappa shape index (κ2) is 6.22. The average molecular weight is 335 g/mol. The molecule has 7 heteroatoms. The predicted molar refractivity (Wildman–Crippen MR) is 91.0 cm³/mol. The lowest BCUT2D eigenvalue weighted by molar-refractivity contribution is 0.274. The molecule has 1 aromatic heterocycles. The fourth-order valence-electron chi connectivity index (χ4n) is 2.84. The Kier molecular flexibility index (Phi) is 4.28. The molecule has 1 aliphatic rings. The molecule has 6 nitrogen and oxygen atoms in total. The number of aromatic nitrogens is 2. The molecule has 0 spiro atoms. The third-order valence-corrected chi connectivity index (χ3v) is 4.49. The van der Waals surface area contributed by atoms with E-state index in [9.17, 15) is 9.59 Å². The third kappa shape index (κ3) is 3.04. The molecule has 0 atom stereocenters. The van der Waals surface area contributed by atoms with E-state index in [2.05, 4.69) is 10.2 Å². The van der Waals surface area contributed by atoms with Crippen molar-refractivity contribution in [3.63, 3.8) is 0 Å². The van der Waals surface area contributed by atoms with Gasteiger partial charge in [0, 0.05) is 32.2 Å². The van der Waals surface area contributed by atoms with Crippen LogP contribution in [0.3, 0.4) is 0 Å². The van der Waals surface area contributed by atoms with Crippen LogP contribution in [0.2, 0.25) is 5.02 Å². The standard InChI is InChI=1S/C16H19ClN4O2/c1-19-14-13(15(22)20(2)16(19)23)9-21(10-18-14)8-7-11-3-5-12(17)6-4-11/h3-6,18H,7-10H2,1-2H3. The maximum absolute atomic E-state index is 12.3. The lowest BCUT2D eigenvalue weighted by Crippen LogP contribution is -2.46. The number of anilines is 1. The molecule has 0 radical (unpaired) electrons. The molecule has 0 amide bonds. The molecule has 122 valence electrons. The quantitative estimate of drug-likeness (QED) is 0.915. The lowest BCUT2D eigenvalue weighted by Gasteiger charge is -2.30. The summed E-state index contributed by atoms with van der Waals surface area (Å²) in [5, 5.41) is 3.92. The third-order valence-electron chi connectivity index (χ3n) is 4.24. The minimum atomic E-state index is -0.309. The number of nitrogens with one attached hydrogen (secondary N) is 1. The normalized spacial score (nSPS) is 14.4. The van der Waals surface area contributed by atoms with E-state index < -0.39 is 0 Å². The molecule has 1 aromatic carbocycles. The van der Waals surface area contributed by atoms with Gasteiger partial charge < -0.3 is 5.32 Å². The van der Waals surface area contributed by atoms with Crippen LogP contribution >= 0.6 is 11.6 Å². The van der Waals surface area contributed by atoms with Crippen molar-refractivity contribution in [2.75, 3.05) is 18.5 Å². The van der Waals surface area contributed by atoms with Gasteiger partial charge in [0.2, 0.25) is 0 Å². The first kappa shape index (κ1) is 15.8. The summed E-state index contributed by atoms with van der Waals surface area (Å²) in [4.78, 5) is 26.4. The van der Waals surface area contributed by atoms with Crippen molar-refractivity contribution in [3.8, 4) is 0 Å². The van der Waals surface area contributed by atoms with E-state index in [1.807, 2.05) is 24.3 Å². The number of benzene rings is 1. The summed E-state index contributed by atoms with van der Waals surface area (Å²) in [5.74, 6) is 0.626. The van der Waals surface area contributed by atoms with Crippen LogP contribution in [-0.4, -0.2) is 27.2 Å². The summed E-state index contributed by atoms with van der Waals surface area (Å²) < 4.78 is 2.65. The number of nitrogens with zero attached hydrogens (tertiary/aromatic N) is 3. The van der Waals surface area contributed by atoms with Crippen molar-refractivity contribution in [3.05, 3.63) is 61.3 Å². The van der Waals surface area contributed by atoms with Crippen molar-refractivity contribution in [2.45, 2.75) is 13.0 Å². The monoisotopic (exact) mass is 334 g/mol. The van der Waals surface area contributed by atoms with Gasteiger partial charge in [0.1, 0.15) is 5.82 Å². The molecule has 0 bridgehead atoms. The van der Waals surface area contributed by atoms with E-state index in [-0.39, 0.29) is 11.2 Å². The molecule has 2 aromatic rings. The Balaban J connectivity index is 1.77. The van der Waals surface area contributed by atoms with Crippen molar-refractivity contribution in [1.82, 2.24) is 14.0 Å². The van der Waals surface area contributed by atoms with E-state index >= 15 is 0 Å². The Morgan fingerprint density at radius 3 is 2.52 bits per heavy atom. The summed E-state index contributed by atoms with van der Waals surface area (Å²) in [6.07, 6.45) is 0.875. The molecular weight excluding hydrogens is 316 g/mol. The molecule has 23 heavy (non-hydrogen) atoms. The number of halogens is 1. The highest BCUT2D eigenvalue weighted by Crippen LogP contribution is 2.17. The topological polar surface area (TPSA) is 59.3 Å². The highest BCUT2D eigenvalue weighted by atomic mass is 35.5. The minimum absolute atomic E-state index is 0.230. The second-order valence-electron chi connectivity index (χ2n) is 5.80. The fourth-order valence-corrected chi connectivity index (χ4v) is 2.97. The van der Waals surface area contributed by atoms with Gasteiger partial charge >= 0.3 is 5.69 Å². The largest absolute Gasteiger partial charge is 0.358 e. The SMILES string of the molecule is Cn1c2c(c(=O)n(C)c1=O)CN(CCc1ccc(Cl)cc1)CN2. The smallest absolute Gasteiger partial charge is 0.332 e.